The number of nitrogens with zero attached hydrogens (tertiary/aromatic N) is 5. The van der Waals surface area contributed by atoms with Gasteiger partial charge in [0.05, 0.1) is 29.9 Å². The molecule has 7 nitrogen and oxygen atoms in total. The van der Waals surface area contributed by atoms with Crippen LogP contribution < -0.4 is 4.90 Å². The Morgan fingerprint density at radius 2 is 1.93 bits per heavy atom. The highest BCUT2D eigenvalue weighted by Crippen LogP contribution is 2.31. The molecule has 0 amide bonds. The molecule has 2 N–H and O–H groups in total. The zero-order chi connectivity index (χ0) is 20.0. The van der Waals surface area contributed by atoms with Crippen LogP contribution in [0.1, 0.15) is 12.0 Å². The molecule has 3 heterocycles. The van der Waals surface area contributed by atoms with E-state index in [1.807, 2.05) is 60.5 Å². The van der Waals surface area contributed by atoms with Gasteiger partial charge >= 0.3 is 0 Å². The van der Waals surface area contributed by atoms with Crippen LogP contribution in [0.2, 0.25) is 0 Å². The number of hydrogen-bond acceptors (Lipinski definition) is 4. The molecule has 2 aromatic carbocycles. The molecule has 0 saturated carbocycles. The van der Waals surface area contributed by atoms with Gasteiger partial charge in [-0.05, 0) is 23.8 Å². The number of hydrogen-bond donors (Lipinski definition) is 2. The van der Waals surface area contributed by atoms with Crippen molar-refractivity contribution in [1.82, 2.24) is 14.7 Å². The van der Waals surface area contributed by atoms with Crippen molar-refractivity contribution < 1.29 is 0 Å². The Bertz CT molecular complexity index is 1170. The average molecular weight is 383 g/mol. The summed E-state index contributed by atoms with van der Waals surface area (Å²) in [5.74, 6) is 0.763. The molecule has 2 aliphatic heterocycles. The molecular formula is C22H21N7. The van der Waals surface area contributed by atoms with Gasteiger partial charge in [0.15, 0.2) is 0 Å². The number of fused-ring (bicyclic) bond motifs is 2. The Morgan fingerprint density at radius 1 is 1.10 bits per heavy atom. The molecule has 0 bridgehead atoms. The van der Waals surface area contributed by atoms with E-state index in [9.17, 15) is 0 Å². The molecule has 1 atom stereocenters. The maximum atomic E-state index is 8.68. The third-order valence-corrected chi connectivity index (χ3v) is 5.50. The molecule has 1 unspecified atom stereocenters. The van der Waals surface area contributed by atoms with Gasteiger partial charge in [-0.15, -0.1) is 0 Å². The number of anilines is 1. The second-order valence-corrected chi connectivity index (χ2v) is 7.40. The number of aliphatic imine (C=N–C) groups is 1. The zero-order valence-electron chi connectivity index (χ0n) is 16.1. The van der Waals surface area contributed by atoms with Gasteiger partial charge in [0.25, 0.3) is 0 Å². The summed E-state index contributed by atoms with van der Waals surface area (Å²) in [4.78, 5) is 8.11. The summed E-state index contributed by atoms with van der Waals surface area (Å²) in [6, 6.07) is 16.4. The second kappa shape index (κ2) is 6.70. The number of benzene rings is 2. The number of rotatable bonds is 3. The lowest BCUT2D eigenvalue weighted by Gasteiger charge is -2.35. The summed E-state index contributed by atoms with van der Waals surface area (Å²) in [7, 11) is 1.85. The van der Waals surface area contributed by atoms with Gasteiger partial charge < -0.3 is 4.90 Å². The molecule has 0 saturated heterocycles. The molecule has 0 radical (unpaired) electrons. The van der Waals surface area contributed by atoms with Crippen molar-refractivity contribution in [2.75, 3.05) is 11.9 Å². The molecule has 0 fully saturated rings. The summed E-state index contributed by atoms with van der Waals surface area (Å²) >= 11 is 0. The van der Waals surface area contributed by atoms with Crippen LogP contribution in [0.25, 0.3) is 10.9 Å². The third-order valence-electron chi connectivity index (χ3n) is 5.50. The highest BCUT2D eigenvalue weighted by atomic mass is 15.3. The second-order valence-electron chi connectivity index (χ2n) is 7.40. The van der Waals surface area contributed by atoms with E-state index >= 15 is 0 Å². The predicted octanol–water partition coefficient (Wildman–Crippen LogP) is 3.68. The maximum Gasteiger partial charge on any atom is 0.115 e. The molecule has 29 heavy (non-hydrogen) atoms. The van der Waals surface area contributed by atoms with Crippen LogP contribution in [0, 0.1) is 16.7 Å². The Kier molecular flexibility index (Phi) is 4.01. The van der Waals surface area contributed by atoms with Crippen LogP contribution in [0.5, 0.6) is 0 Å². The lowest BCUT2D eigenvalue weighted by molar-refractivity contribution is 0.583. The van der Waals surface area contributed by atoms with Crippen molar-refractivity contribution in [3.8, 4) is 0 Å². The van der Waals surface area contributed by atoms with E-state index in [0.717, 1.165) is 28.8 Å². The van der Waals surface area contributed by atoms with Gasteiger partial charge in [0.1, 0.15) is 18.0 Å². The van der Waals surface area contributed by atoms with E-state index in [1.54, 1.807) is 16.1 Å². The largest absolute Gasteiger partial charge is 0.338 e. The molecule has 5 rings (SSSR count). The van der Waals surface area contributed by atoms with Gasteiger partial charge in [-0.1, -0.05) is 30.3 Å². The lowest BCUT2D eigenvalue weighted by Crippen LogP contribution is -2.43. The monoisotopic (exact) mass is 383 g/mol. The van der Waals surface area contributed by atoms with Crippen LogP contribution in [-0.2, 0) is 6.54 Å². The van der Waals surface area contributed by atoms with Crippen LogP contribution in [-0.4, -0.2) is 39.7 Å². The highest BCUT2D eigenvalue weighted by Gasteiger charge is 2.33. The number of aromatic nitrogens is 2. The average Bonchev–Trinajstić information content (AvgIpc) is 3.12. The third kappa shape index (κ3) is 3.00. The number of nitrogens with one attached hydrogen (secondary N) is 2. The van der Waals surface area contributed by atoms with E-state index in [0.29, 0.717) is 18.1 Å². The van der Waals surface area contributed by atoms with Crippen LogP contribution in [0.4, 0.5) is 5.69 Å². The van der Waals surface area contributed by atoms with Gasteiger partial charge in [0, 0.05) is 30.7 Å². The zero-order valence-corrected chi connectivity index (χ0v) is 16.1. The van der Waals surface area contributed by atoms with Gasteiger partial charge in [-0.25, -0.2) is 4.99 Å². The predicted molar refractivity (Wildman–Crippen MR) is 116 cm³/mol. The standard InChI is InChI=1S/C22H21N7/c1-27-13-19-18(10-21(27)23)22(24)28(14-25-19)17-7-8-20-16(9-17)11-26-29(20)12-15-5-3-2-4-6-15/h2-9,11,13-14,18,23-24H,10,12H2,1H3. The fourth-order valence-corrected chi connectivity index (χ4v) is 3.84. The summed E-state index contributed by atoms with van der Waals surface area (Å²) in [5.41, 5.74) is 3.98. The van der Waals surface area contributed by atoms with Gasteiger partial charge in [-0.3, -0.25) is 20.4 Å². The van der Waals surface area contributed by atoms with Crippen molar-refractivity contribution >= 4 is 34.6 Å². The molecule has 7 heteroatoms. The van der Waals surface area contributed by atoms with Gasteiger partial charge in [-0.2, -0.15) is 5.10 Å². The van der Waals surface area contributed by atoms with Gasteiger partial charge in [0.2, 0.25) is 0 Å². The lowest BCUT2D eigenvalue weighted by atomic mass is 9.94. The Hall–Kier alpha value is -3.74. The molecule has 0 aliphatic carbocycles. The fourth-order valence-electron chi connectivity index (χ4n) is 3.84. The summed E-state index contributed by atoms with van der Waals surface area (Å²) in [6.07, 6.45) is 5.90. The first kappa shape index (κ1) is 17.4. The quantitative estimate of drug-likeness (QED) is 0.724. The smallest absolute Gasteiger partial charge is 0.115 e. The fraction of sp³-hybridized carbons (Fsp3) is 0.182. The highest BCUT2D eigenvalue weighted by molar-refractivity contribution is 6.15. The van der Waals surface area contributed by atoms with Crippen LogP contribution in [0.3, 0.4) is 0 Å². The topological polar surface area (TPSA) is 84.4 Å². The van der Waals surface area contributed by atoms with E-state index in [4.69, 9.17) is 10.8 Å². The van der Waals surface area contributed by atoms with Crippen molar-refractivity contribution in [3.63, 3.8) is 0 Å². The van der Waals surface area contributed by atoms with E-state index in [2.05, 4.69) is 22.2 Å². The first-order chi connectivity index (χ1) is 14.1. The molecule has 144 valence electrons. The Morgan fingerprint density at radius 3 is 2.76 bits per heavy atom. The van der Waals surface area contributed by atoms with Crippen molar-refractivity contribution in [2.24, 2.45) is 10.9 Å². The SMILES string of the molecule is CN1C=C2N=CN(c3ccc4c(cnn4Cc4ccccc4)c3)C(=N)C2CC1=N. The minimum atomic E-state index is -0.180. The van der Waals surface area contributed by atoms with Crippen molar-refractivity contribution in [2.45, 2.75) is 13.0 Å². The van der Waals surface area contributed by atoms with Crippen LogP contribution >= 0.6 is 0 Å². The Labute approximate surface area is 168 Å². The maximum absolute atomic E-state index is 8.68. The summed E-state index contributed by atoms with van der Waals surface area (Å²) in [5, 5.41) is 22.3. The summed E-state index contributed by atoms with van der Waals surface area (Å²) < 4.78 is 1.99. The first-order valence-corrected chi connectivity index (χ1v) is 9.53. The first-order valence-electron chi connectivity index (χ1n) is 9.53. The normalized spacial score (nSPS) is 18.9. The minimum Gasteiger partial charge on any atom is -0.338 e. The van der Waals surface area contributed by atoms with Crippen molar-refractivity contribution in [1.29, 1.82) is 10.8 Å². The molecule has 0 spiro atoms. The van der Waals surface area contributed by atoms with E-state index in [-0.39, 0.29) is 5.92 Å². The minimum absolute atomic E-state index is 0.180. The molecule has 2 aliphatic rings. The van der Waals surface area contributed by atoms with Crippen LogP contribution in [0.15, 0.2) is 71.6 Å². The van der Waals surface area contributed by atoms with Crippen molar-refractivity contribution in [3.05, 3.63) is 72.2 Å². The summed E-state index contributed by atoms with van der Waals surface area (Å²) in [6.45, 7) is 0.719. The molecule has 3 aromatic rings. The molecule has 1 aromatic heterocycles. The van der Waals surface area contributed by atoms with E-state index < -0.39 is 0 Å². The number of amidine groups is 2. The molecular weight excluding hydrogens is 362 g/mol. The van der Waals surface area contributed by atoms with E-state index in [1.165, 1.54) is 5.56 Å². The Balaban J connectivity index is 1.46.